The van der Waals surface area contributed by atoms with Gasteiger partial charge in [-0.3, -0.25) is 0 Å². The molecule has 1 aliphatic heterocycles. The number of carbonyl (C=O) groups excluding carboxylic acids is 2. The number of aromatic nitrogens is 1. The molecule has 24 heavy (non-hydrogen) atoms. The summed E-state index contributed by atoms with van der Waals surface area (Å²) in [6, 6.07) is 9.50. The average Bonchev–Trinajstić information content (AvgIpc) is 3.07. The summed E-state index contributed by atoms with van der Waals surface area (Å²) in [5, 5.41) is 0. The maximum absolute atomic E-state index is 12.1. The van der Waals surface area contributed by atoms with Crippen molar-refractivity contribution in [3.05, 3.63) is 58.5 Å². The summed E-state index contributed by atoms with van der Waals surface area (Å²) in [5.74, 6) is -0.199. The number of ether oxygens (including phenoxy) is 1. The van der Waals surface area contributed by atoms with Gasteiger partial charge in [0.1, 0.15) is 11.5 Å². The number of rotatable bonds is 2. The molecule has 0 bridgehead atoms. The van der Waals surface area contributed by atoms with Gasteiger partial charge in [0, 0.05) is 5.56 Å². The third kappa shape index (κ3) is 2.58. The summed E-state index contributed by atoms with van der Waals surface area (Å²) in [6.45, 7) is 7.07. The fourth-order valence-corrected chi connectivity index (χ4v) is 2.75. The molecular weight excluding hydrogens is 306 g/mol. The predicted molar refractivity (Wildman–Crippen MR) is 88.7 cm³/mol. The van der Waals surface area contributed by atoms with Crippen LogP contribution < -0.4 is 0 Å². The molecule has 5 heteroatoms. The van der Waals surface area contributed by atoms with Crippen LogP contribution in [-0.2, 0) is 14.3 Å². The first-order chi connectivity index (χ1) is 11.4. The van der Waals surface area contributed by atoms with Crippen LogP contribution in [0.3, 0.4) is 0 Å². The average molecular weight is 323 g/mol. The van der Waals surface area contributed by atoms with Crippen molar-refractivity contribution in [2.75, 3.05) is 0 Å². The molecule has 1 fully saturated rings. The summed E-state index contributed by atoms with van der Waals surface area (Å²) >= 11 is 0. The lowest BCUT2D eigenvalue weighted by Gasteiger charge is -2.03. The molecule has 0 N–H and O–H groups in total. The van der Waals surface area contributed by atoms with Gasteiger partial charge >= 0.3 is 11.9 Å². The normalized spacial score (nSPS) is 16.4. The second kappa shape index (κ2) is 5.92. The zero-order valence-corrected chi connectivity index (χ0v) is 14.0. The van der Waals surface area contributed by atoms with Gasteiger partial charge in [0.15, 0.2) is 0 Å². The highest BCUT2D eigenvalue weighted by Gasteiger charge is 2.37. The van der Waals surface area contributed by atoms with Gasteiger partial charge < -0.3 is 9.15 Å². The van der Waals surface area contributed by atoms with Crippen molar-refractivity contribution in [1.82, 2.24) is 4.98 Å². The Labute approximate surface area is 139 Å². The minimum atomic E-state index is -0.641. The van der Waals surface area contributed by atoms with Crippen LogP contribution in [0.15, 0.2) is 51.5 Å². The molecule has 0 amide bonds. The van der Waals surface area contributed by atoms with Crippen LogP contribution >= 0.6 is 0 Å². The van der Waals surface area contributed by atoms with Crippen LogP contribution in [0.5, 0.6) is 0 Å². The Kier molecular flexibility index (Phi) is 3.93. The molecule has 0 atom stereocenters. The van der Waals surface area contributed by atoms with Crippen molar-refractivity contribution in [2.45, 2.75) is 27.7 Å². The monoisotopic (exact) mass is 323 g/mol. The lowest BCUT2D eigenvalue weighted by molar-refractivity contribution is -0.149. The van der Waals surface area contributed by atoms with E-state index in [0.717, 1.165) is 11.1 Å². The van der Waals surface area contributed by atoms with Gasteiger partial charge in [-0.15, -0.1) is 0 Å². The number of nitrogens with zero attached hydrogens (tertiary/aromatic N) is 1. The summed E-state index contributed by atoms with van der Waals surface area (Å²) in [4.78, 5) is 28.5. The molecule has 122 valence electrons. The quantitative estimate of drug-likeness (QED) is 0.477. The van der Waals surface area contributed by atoms with Crippen LogP contribution in [0, 0.1) is 6.92 Å². The minimum absolute atomic E-state index is 0.260. The third-order valence-electron chi connectivity index (χ3n) is 3.89. The van der Waals surface area contributed by atoms with Crippen LogP contribution in [0.25, 0.3) is 17.0 Å². The van der Waals surface area contributed by atoms with Crippen LogP contribution in [0.1, 0.15) is 32.2 Å². The van der Waals surface area contributed by atoms with E-state index < -0.39 is 11.9 Å². The fourth-order valence-electron chi connectivity index (χ4n) is 2.75. The number of carbonyl (C=O) groups is 2. The maximum atomic E-state index is 12.1. The first-order valence-electron chi connectivity index (χ1n) is 7.58. The molecular formula is C19H17NO4. The molecule has 0 spiro atoms. The fraction of sp³-hybridized carbons (Fsp3) is 0.211. The molecule has 2 aromatic rings. The van der Waals surface area contributed by atoms with Crippen molar-refractivity contribution in [3.63, 3.8) is 0 Å². The Morgan fingerprint density at radius 1 is 0.958 bits per heavy atom. The lowest BCUT2D eigenvalue weighted by Crippen LogP contribution is -2.00. The second-order valence-corrected chi connectivity index (χ2v) is 5.84. The molecule has 3 rings (SSSR count). The maximum Gasteiger partial charge on any atom is 0.347 e. The smallest absolute Gasteiger partial charge is 0.347 e. The topological polar surface area (TPSA) is 69.4 Å². The molecule has 0 unspecified atom stereocenters. The summed E-state index contributed by atoms with van der Waals surface area (Å²) < 4.78 is 10.5. The van der Waals surface area contributed by atoms with E-state index in [0.29, 0.717) is 28.5 Å². The van der Waals surface area contributed by atoms with Gasteiger partial charge in [-0.05, 0) is 45.4 Å². The van der Waals surface area contributed by atoms with Crippen LogP contribution in [0.2, 0.25) is 0 Å². The third-order valence-corrected chi connectivity index (χ3v) is 3.89. The first-order valence-corrected chi connectivity index (χ1v) is 7.58. The minimum Gasteiger partial charge on any atom is -0.441 e. The van der Waals surface area contributed by atoms with E-state index in [-0.39, 0.29) is 5.57 Å². The Balaban J connectivity index is 2.15. The van der Waals surface area contributed by atoms with E-state index >= 15 is 0 Å². The Hall–Kier alpha value is -2.95. The van der Waals surface area contributed by atoms with E-state index in [1.807, 2.05) is 30.3 Å². The van der Waals surface area contributed by atoms with Gasteiger partial charge in [0.25, 0.3) is 0 Å². The van der Waals surface area contributed by atoms with Crippen molar-refractivity contribution in [2.24, 2.45) is 0 Å². The molecule has 1 aromatic carbocycles. The molecule has 2 heterocycles. The first kappa shape index (κ1) is 15.9. The van der Waals surface area contributed by atoms with Gasteiger partial charge in [-0.25, -0.2) is 14.6 Å². The molecule has 0 saturated carbocycles. The highest BCUT2D eigenvalue weighted by molar-refractivity contribution is 6.22. The van der Waals surface area contributed by atoms with Crippen molar-refractivity contribution < 1.29 is 18.7 Å². The number of oxazole rings is 1. The van der Waals surface area contributed by atoms with E-state index in [2.05, 4.69) is 4.98 Å². The molecule has 1 aliphatic rings. The standard InChI is InChI=1S/C19H17NO4/c1-10(2)14-15(19(22)24-18(14)21)11(3)16-12(4)23-17(20-16)13-8-6-5-7-9-13/h5-9H,1-4H3/b15-11+. The molecule has 0 aliphatic carbocycles. The summed E-state index contributed by atoms with van der Waals surface area (Å²) in [7, 11) is 0. The van der Waals surface area contributed by atoms with E-state index in [1.165, 1.54) is 0 Å². The SMILES string of the molecule is CC(C)=C1C(=O)OC(=O)/C1=C(\C)c1nc(-c2ccccc2)oc1C. The van der Waals surface area contributed by atoms with Gasteiger partial charge in [-0.1, -0.05) is 23.8 Å². The Morgan fingerprint density at radius 3 is 2.21 bits per heavy atom. The highest BCUT2D eigenvalue weighted by atomic mass is 16.6. The largest absolute Gasteiger partial charge is 0.441 e. The van der Waals surface area contributed by atoms with Gasteiger partial charge in [-0.2, -0.15) is 0 Å². The number of esters is 2. The molecule has 1 saturated heterocycles. The van der Waals surface area contributed by atoms with Crippen LogP contribution in [-0.4, -0.2) is 16.9 Å². The number of aryl methyl sites for hydroxylation is 1. The number of hydrogen-bond donors (Lipinski definition) is 0. The molecule has 1 aromatic heterocycles. The highest BCUT2D eigenvalue weighted by Crippen LogP contribution is 2.34. The Bertz CT molecular complexity index is 897. The van der Waals surface area contributed by atoms with E-state index in [4.69, 9.17) is 9.15 Å². The summed E-state index contributed by atoms with van der Waals surface area (Å²) in [6.07, 6.45) is 0. The number of cyclic esters (lactones) is 2. The molecule has 0 radical (unpaired) electrons. The lowest BCUT2D eigenvalue weighted by atomic mass is 9.97. The number of hydrogen-bond acceptors (Lipinski definition) is 5. The Morgan fingerprint density at radius 2 is 1.58 bits per heavy atom. The van der Waals surface area contributed by atoms with Gasteiger partial charge in [0.2, 0.25) is 5.89 Å². The second-order valence-electron chi connectivity index (χ2n) is 5.84. The molecule has 5 nitrogen and oxygen atoms in total. The van der Waals surface area contributed by atoms with Crippen molar-refractivity contribution in [3.8, 4) is 11.5 Å². The number of allylic oxidation sites excluding steroid dienone is 2. The van der Waals surface area contributed by atoms with Crippen LogP contribution in [0.4, 0.5) is 0 Å². The predicted octanol–water partition coefficient (Wildman–Crippen LogP) is 3.84. The van der Waals surface area contributed by atoms with E-state index in [1.54, 1.807) is 27.7 Å². The van der Waals surface area contributed by atoms with Crippen molar-refractivity contribution in [1.29, 1.82) is 0 Å². The van der Waals surface area contributed by atoms with E-state index in [9.17, 15) is 9.59 Å². The summed E-state index contributed by atoms with van der Waals surface area (Å²) in [5.41, 5.74) is 3.26. The zero-order chi connectivity index (χ0) is 17.4. The van der Waals surface area contributed by atoms with Crippen molar-refractivity contribution >= 4 is 17.5 Å². The number of benzene rings is 1. The zero-order valence-electron chi connectivity index (χ0n) is 14.0. The van der Waals surface area contributed by atoms with Gasteiger partial charge in [0.05, 0.1) is 11.1 Å².